The smallest absolute Gasteiger partial charge is 0.293 e. The van der Waals surface area contributed by atoms with Crippen LogP contribution in [-0.2, 0) is 24.3 Å². The van der Waals surface area contributed by atoms with Gasteiger partial charge in [0.25, 0.3) is 6.47 Å². The third kappa shape index (κ3) is 5.26. The highest BCUT2D eigenvalue weighted by Gasteiger charge is 2.25. The van der Waals surface area contributed by atoms with Gasteiger partial charge in [0.1, 0.15) is 0 Å². The van der Waals surface area contributed by atoms with E-state index in [1.54, 1.807) is 31.2 Å². The number of anilines is 1. The number of rotatable bonds is 5. The van der Waals surface area contributed by atoms with Gasteiger partial charge in [-0.05, 0) is 31.2 Å². The van der Waals surface area contributed by atoms with Crippen LogP contribution in [0, 0.1) is 0 Å². The first kappa shape index (κ1) is 18.4. The predicted octanol–water partition coefficient (Wildman–Crippen LogP) is 0.172. The van der Waals surface area contributed by atoms with Crippen LogP contribution in [-0.4, -0.2) is 52.1 Å². The molecule has 0 bridgehead atoms. The number of benzene rings is 1. The maximum atomic E-state index is 12.2. The van der Waals surface area contributed by atoms with Crippen molar-refractivity contribution in [3.63, 3.8) is 0 Å². The zero-order chi connectivity index (χ0) is 16.4. The number of sulfonamides is 1. The monoisotopic (exact) mass is 331 g/mol. The van der Waals surface area contributed by atoms with Gasteiger partial charge >= 0.3 is 0 Å². The molecule has 1 aliphatic rings. The molecule has 0 aromatic heterocycles. The summed E-state index contributed by atoms with van der Waals surface area (Å²) in [6, 6.07) is 6.35. The van der Waals surface area contributed by atoms with Gasteiger partial charge in [-0.15, -0.1) is 0 Å². The van der Waals surface area contributed by atoms with Crippen LogP contribution >= 0.6 is 0 Å². The molecule has 0 unspecified atom stereocenters. The van der Waals surface area contributed by atoms with Gasteiger partial charge in [0.15, 0.2) is 0 Å². The lowest BCUT2D eigenvalue weighted by Crippen LogP contribution is -2.40. The van der Waals surface area contributed by atoms with E-state index in [1.807, 2.05) is 0 Å². The highest BCUT2D eigenvalue weighted by Crippen LogP contribution is 2.18. The number of carbonyl (C=O) groups excluding carboxylic acids is 1. The van der Waals surface area contributed by atoms with E-state index in [9.17, 15) is 13.2 Å². The summed E-state index contributed by atoms with van der Waals surface area (Å²) in [6.07, 6.45) is 0. The fraction of sp³-hybridized carbons (Fsp3) is 0.462. The Morgan fingerprint density at radius 2 is 1.91 bits per heavy atom. The highest BCUT2D eigenvalue weighted by atomic mass is 32.2. The van der Waals surface area contributed by atoms with Crippen LogP contribution in [0.25, 0.3) is 0 Å². The zero-order valence-electron chi connectivity index (χ0n) is 12.4. The van der Waals surface area contributed by atoms with Crippen LogP contribution in [0.1, 0.15) is 6.92 Å². The van der Waals surface area contributed by atoms with Crippen molar-refractivity contribution < 1.29 is 22.7 Å². The van der Waals surface area contributed by atoms with E-state index in [0.717, 1.165) is 0 Å². The molecule has 0 atom stereocenters. The van der Waals surface area contributed by atoms with E-state index in [-0.39, 0.29) is 4.90 Å². The van der Waals surface area contributed by atoms with Crippen molar-refractivity contribution in [3.05, 3.63) is 24.3 Å². The maximum Gasteiger partial charge on any atom is 0.293 e. The molecule has 0 spiro atoms. The summed E-state index contributed by atoms with van der Waals surface area (Å²) in [4.78, 5) is 9.46. The van der Waals surface area contributed by atoms with Gasteiger partial charge in [0.05, 0.1) is 24.7 Å². The van der Waals surface area contributed by atoms with E-state index in [0.29, 0.717) is 45.1 Å². The second kappa shape index (κ2) is 9.36. The van der Waals surface area contributed by atoms with E-state index in [4.69, 9.17) is 10.6 Å². The number of nitrogens with two attached hydrogens (primary N) is 1. The summed E-state index contributed by atoms with van der Waals surface area (Å²) < 4.78 is 35.1. The number of hydrogen-bond acceptors (Lipinski definition) is 7. The molecule has 1 aromatic carbocycles. The molecule has 0 radical (unpaired) electrons. The molecule has 124 valence electrons. The van der Waals surface area contributed by atoms with Crippen LogP contribution in [0.2, 0.25) is 0 Å². The fourth-order valence-electron chi connectivity index (χ4n) is 1.73. The first-order chi connectivity index (χ1) is 10.6. The lowest BCUT2D eigenvalue weighted by molar-refractivity contribution is -0.128. The molecular formula is C13H21N3O5S. The van der Waals surface area contributed by atoms with Crippen LogP contribution < -0.4 is 11.3 Å². The summed E-state index contributed by atoms with van der Waals surface area (Å²) >= 11 is 0. The van der Waals surface area contributed by atoms with Gasteiger partial charge in [-0.2, -0.15) is 4.31 Å². The third-order valence-corrected chi connectivity index (χ3v) is 4.78. The Morgan fingerprint density at radius 1 is 1.32 bits per heavy atom. The van der Waals surface area contributed by atoms with Gasteiger partial charge in [-0.3, -0.25) is 10.6 Å². The number of nitrogens with zero attached hydrogens (tertiary/aromatic N) is 1. The number of hydrogen-bond donors (Lipinski definition) is 2. The number of hydrazine groups is 1. The molecule has 2 rings (SSSR count). The molecule has 1 saturated heterocycles. The summed E-state index contributed by atoms with van der Waals surface area (Å²) in [5.74, 6) is 5.23. The topological polar surface area (TPSA) is 111 Å². The first-order valence-electron chi connectivity index (χ1n) is 6.76. The molecule has 0 saturated carbocycles. The summed E-state index contributed by atoms with van der Waals surface area (Å²) in [6.45, 7) is 4.36. The molecule has 0 amide bonds. The van der Waals surface area contributed by atoms with Crippen molar-refractivity contribution in [2.45, 2.75) is 11.8 Å². The zero-order valence-corrected chi connectivity index (χ0v) is 13.2. The molecule has 1 aliphatic heterocycles. The third-order valence-electron chi connectivity index (χ3n) is 2.86. The second-order valence-electron chi connectivity index (χ2n) is 4.24. The van der Waals surface area contributed by atoms with E-state index >= 15 is 0 Å². The normalized spacial score (nSPS) is 15.4. The van der Waals surface area contributed by atoms with Crippen LogP contribution in [0.5, 0.6) is 0 Å². The minimum absolute atomic E-state index is 0.276. The number of carbonyl (C=O) groups is 1. The minimum Gasteiger partial charge on any atom is -0.468 e. The Hall–Kier alpha value is -1.68. The quantitative estimate of drug-likeness (QED) is 0.449. The molecule has 0 aliphatic carbocycles. The molecule has 1 aromatic rings. The Morgan fingerprint density at radius 3 is 2.32 bits per heavy atom. The number of ether oxygens (including phenoxy) is 2. The second-order valence-corrected chi connectivity index (χ2v) is 6.17. The number of nitrogen functional groups attached to an aromatic ring is 1. The summed E-state index contributed by atoms with van der Waals surface area (Å²) in [5, 5.41) is 0. The standard InChI is InChI=1S/C10H15N3O3S.C3H6O2/c11-12-9-1-3-10(4-2-9)17(14,15)13-5-7-16-8-6-13;1-2-5-3-4/h1-4,12H,5-8,11H2;3H,2H2,1H3. The van der Waals surface area contributed by atoms with E-state index < -0.39 is 10.0 Å². The summed E-state index contributed by atoms with van der Waals surface area (Å²) in [5.41, 5.74) is 3.13. The average molecular weight is 331 g/mol. The van der Waals surface area contributed by atoms with Crippen molar-refractivity contribution in [2.24, 2.45) is 5.84 Å². The lowest BCUT2D eigenvalue weighted by Gasteiger charge is -2.26. The molecule has 1 heterocycles. The molecule has 3 N–H and O–H groups in total. The average Bonchev–Trinajstić information content (AvgIpc) is 2.57. The number of nitrogens with one attached hydrogen (secondary N) is 1. The van der Waals surface area contributed by atoms with Crippen molar-refractivity contribution in [2.75, 3.05) is 38.3 Å². The Labute approximate surface area is 130 Å². The lowest BCUT2D eigenvalue weighted by atomic mass is 10.3. The Kier molecular flexibility index (Phi) is 7.82. The van der Waals surface area contributed by atoms with Crippen LogP contribution in [0.15, 0.2) is 29.2 Å². The summed E-state index contributed by atoms with van der Waals surface area (Å²) in [7, 11) is -3.40. The maximum absolute atomic E-state index is 12.2. The van der Waals surface area contributed by atoms with Crippen LogP contribution in [0.4, 0.5) is 5.69 Å². The van der Waals surface area contributed by atoms with Gasteiger partial charge in [-0.25, -0.2) is 8.42 Å². The van der Waals surface area contributed by atoms with E-state index in [1.165, 1.54) is 4.31 Å². The van der Waals surface area contributed by atoms with Gasteiger partial charge in [0, 0.05) is 18.8 Å². The minimum atomic E-state index is -3.40. The van der Waals surface area contributed by atoms with Gasteiger partial charge in [0.2, 0.25) is 10.0 Å². The molecular weight excluding hydrogens is 310 g/mol. The molecule has 9 heteroatoms. The van der Waals surface area contributed by atoms with Crippen molar-refractivity contribution in [1.82, 2.24) is 4.31 Å². The SMILES string of the molecule is CCOC=O.NNc1ccc(S(=O)(=O)N2CCOCC2)cc1. The number of morpholine rings is 1. The van der Waals surface area contributed by atoms with Gasteiger partial charge in [-0.1, -0.05) is 0 Å². The molecule has 8 nitrogen and oxygen atoms in total. The van der Waals surface area contributed by atoms with Crippen LogP contribution in [0.3, 0.4) is 0 Å². The Bertz CT molecular complexity index is 541. The van der Waals surface area contributed by atoms with Gasteiger partial charge < -0.3 is 14.9 Å². The van der Waals surface area contributed by atoms with Crippen molar-refractivity contribution >= 4 is 22.2 Å². The molecule has 1 fully saturated rings. The van der Waals surface area contributed by atoms with Crippen molar-refractivity contribution in [3.8, 4) is 0 Å². The predicted molar refractivity (Wildman–Crippen MR) is 81.5 cm³/mol. The molecule has 22 heavy (non-hydrogen) atoms. The van der Waals surface area contributed by atoms with E-state index in [2.05, 4.69) is 10.2 Å². The van der Waals surface area contributed by atoms with Crippen molar-refractivity contribution in [1.29, 1.82) is 0 Å². The highest BCUT2D eigenvalue weighted by molar-refractivity contribution is 7.89. The Balaban J connectivity index is 0.000000422. The largest absolute Gasteiger partial charge is 0.468 e. The first-order valence-corrected chi connectivity index (χ1v) is 8.20. The fourth-order valence-corrected chi connectivity index (χ4v) is 3.14.